The maximum absolute atomic E-state index is 11.9. The molecule has 4 nitrogen and oxygen atoms in total. The van der Waals surface area contributed by atoms with Crippen molar-refractivity contribution in [2.75, 3.05) is 19.8 Å². The topological polar surface area (TPSA) is 47.6 Å². The Morgan fingerprint density at radius 1 is 1.38 bits per heavy atom. The summed E-state index contributed by atoms with van der Waals surface area (Å²) in [6, 6.07) is 0.425. The molecule has 1 unspecified atom stereocenters. The van der Waals surface area contributed by atoms with Crippen LogP contribution in [0.5, 0.6) is 0 Å². The van der Waals surface area contributed by atoms with Crippen LogP contribution in [0.4, 0.5) is 0 Å². The zero-order valence-corrected chi connectivity index (χ0v) is 9.91. The van der Waals surface area contributed by atoms with Gasteiger partial charge < -0.3 is 14.8 Å². The van der Waals surface area contributed by atoms with Crippen molar-refractivity contribution in [3.63, 3.8) is 0 Å². The van der Waals surface area contributed by atoms with Gasteiger partial charge in [-0.15, -0.1) is 0 Å². The van der Waals surface area contributed by atoms with E-state index in [2.05, 4.69) is 5.32 Å². The third-order valence-corrected chi connectivity index (χ3v) is 3.27. The number of carbonyl (C=O) groups is 1. The summed E-state index contributed by atoms with van der Waals surface area (Å²) in [5.74, 6) is 0.301. The summed E-state index contributed by atoms with van der Waals surface area (Å²) in [5, 5.41) is 3.42. The maximum Gasteiger partial charge on any atom is 0.323 e. The van der Waals surface area contributed by atoms with Gasteiger partial charge >= 0.3 is 5.97 Å². The lowest BCUT2D eigenvalue weighted by molar-refractivity contribution is -0.148. The van der Waals surface area contributed by atoms with Gasteiger partial charge in [0.2, 0.25) is 0 Å². The van der Waals surface area contributed by atoms with Crippen LogP contribution in [0.25, 0.3) is 0 Å². The van der Waals surface area contributed by atoms with Gasteiger partial charge in [-0.05, 0) is 38.5 Å². The molecule has 4 heteroatoms. The van der Waals surface area contributed by atoms with Gasteiger partial charge in [0.05, 0.1) is 6.61 Å². The van der Waals surface area contributed by atoms with Crippen LogP contribution in [0, 0.1) is 5.92 Å². The molecule has 1 aliphatic heterocycles. The molecule has 1 N–H and O–H groups in total. The molecule has 0 aromatic heterocycles. The smallest absolute Gasteiger partial charge is 0.323 e. The Morgan fingerprint density at radius 2 is 2.06 bits per heavy atom. The van der Waals surface area contributed by atoms with Gasteiger partial charge in [-0.2, -0.15) is 0 Å². The largest absolute Gasteiger partial charge is 0.465 e. The van der Waals surface area contributed by atoms with Crippen molar-refractivity contribution in [3.05, 3.63) is 0 Å². The van der Waals surface area contributed by atoms with E-state index in [1.807, 2.05) is 6.92 Å². The molecule has 0 radical (unpaired) electrons. The van der Waals surface area contributed by atoms with E-state index in [4.69, 9.17) is 9.47 Å². The van der Waals surface area contributed by atoms with Gasteiger partial charge in [0.15, 0.2) is 0 Å². The van der Waals surface area contributed by atoms with E-state index in [9.17, 15) is 4.79 Å². The summed E-state index contributed by atoms with van der Waals surface area (Å²) in [7, 11) is 0. The predicted molar refractivity (Wildman–Crippen MR) is 60.1 cm³/mol. The average molecular weight is 227 g/mol. The number of carbonyl (C=O) groups excluding carboxylic acids is 1. The van der Waals surface area contributed by atoms with Crippen molar-refractivity contribution in [2.45, 2.75) is 44.7 Å². The lowest BCUT2D eigenvalue weighted by atomic mass is 9.91. The van der Waals surface area contributed by atoms with Crippen molar-refractivity contribution in [1.82, 2.24) is 5.32 Å². The number of nitrogens with one attached hydrogen (secondary N) is 1. The molecular weight excluding hydrogens is 206 g/mol. The van der Waals surface area contributed by atoms with Crippen LogP contribution in [0.2, 0.25) is 0 Å². The first kappa shape index (κ1) is 11.9. The summed E-state index contributed by atoms with van der Waals surface area (Å²) < 4.78 is 10.5. The lowest BCUT2D eigenvalue weighted by Crippen LogP contribution is -2.46. The summed E-state index contributed by atoms with van der Waals surface area (Å²) >= 11 is 0. The fourth-order valence-electron chi connectivity index (χ4n) is 2.18. The van der Waals surface area contributed by atoms with Gasteiger partial charge in [-0.3, -0.25) is 4.79 Å². The molecule has 0 spiro atoms. The maximum atomic E-state index is 11.9. The quantitative estimate of drug-likeness (QED) is 0.714. The monoisotopic (exact) mass is 227 g/mol. The molecule has 1 saturated heterocycles. The zero-order chi connectivity index (χ0) is 11.4. The molecule has 1 aliphatic carbocycles. The van der Waals surface area contributed by atoms with E-state index in [-0.39, 0.29) is 12.0 Å². The molecule has 1 heterocycles. The highest BCUT2D eigenvalue weighted by atomic mass is 16.5. The first-order valence-electron chi connectivity index (χ1n) is 6.31. The molecule has 1 saturated carbocycles. The summed E-state index contributed by atoms with van der Waals surface area (Å²) in [5.41, 5.74) is 0. The molecule has 1 atom stereocenters. The van der Waals surface area contributed by atoms with Crippen LogP contribution >= 0.6 is 0 Å². The van der Waals surface area contributed by atoms with Crippen LogP contribution < -0.4 is 5.32 Å². The third-order valence-electron chi connectivity index (χ3n) is 3.27. The number of hydrogen-bond acceptors (Lipinski definition) is 4. The van der Waals surface area contributed by atoms with Crippen molar-refractivity contribution in [1.29, 1.82) is 0 Å². The average Bonchev–Trinajstić information content (AvgIpc) is 3.11. The fraction of sp³-hybridized carbons (Fsp3) is 0.917. The van der Waals surface area contributed by atoms with Crippen molar-refractivity contribution in [2.24, 2.45) is 5.92 Å². The van der Waals surface area contributed by atoms with Crippen molar-refractivity contribution < 1.29 is 14.3 Å². The standard InChI is InChI=1S/C12H21NO3/c1-2-16-12(14)11(13-10-3-4-10)9-5-7-15-8-6-9/h9-11,13H,2-8H2,1H3. The molecule has 2 rings (SSSR count). The van der Waals surface area contributed by atoms with Crippen molar-refractivity contribution in [3.8, 4) is 0 Å². The minimum Gasteiger partial charge on any atom is -0.465 e. The Kier molecular flexibility index (Phi) is 4.18. The number of esters is 1. The van der Waals surface area contributed by atoms with Gasteiger partial charge in [0, 0.05) is 19.3 Å². The normalized spacial score (nSPS) is 24.1. The molecule has 2 aliphatic rings. The van der Waals surface area contributed by atoms with Crippen LogP contribution in [0.3, 0.4) is 0 Å². The molecule has 0 bridgehead atoms. The Labute approximate surface area is 96.7 Å². The minimum absolute atomic E-state index is 0.0821. The summed E-state index contributed by atoms with van der Waals surface area (Å²) in [6.45, 7) is 3.86. The number of hydrogen-bond donors (Lipinski definition) is 1. The van der Waals surface area contributed by atoms with Gasteiger partial charge in [-0.25, -0.2) is 0 Å². The second-order valence-electron chi connectivity index (χ2n) is 4.62. The van der Waals surface area contributed by atoms with Crippen LogP contribution in [-0.2, 0) is 14.3 Å². The molecule has 0 amide bonds. The van der Waals surface area contributed by atoms with Crippen molar-refractivity contribution >= 4 is 5.97 Å². The minimum atomic E-state index is -0.114. The SMILES string of the molecule is CCOC(=O)C(NC1CC1)C1CCOCC1. The second kappa shape index (κ2) is 5.64. The van der Waals surface area contributed by atoms with Crippen LogP contribution in [-0.4, -0.2) is 37.9 Å². The number of rotatable bonds is 5. The molecule has 0 aromatic rings. The highest BCUT2D eigenvalue weighted by Crippen LogP contribution is 2.25. The van der Waals surface area contributed by atoms with Crippen LogP contribution in [0.1, 0.15) is 32.6 Å². The van der Waals surface area contributed by atoms with Gasteiger partial charge in [0.1, 0.15) is 6.04 Å². The Morgan fingerprint density at radius 3 is 2.62 bits per heavy atom. The first-order chi connectivity index (χ1) is 7.81. The van der Waals surface area contributed by atoms with E-state index < -0.39 is 0 Å². The molecule has 0 aromatic carbocycles. The third kappa shape index (κ3) is 3.19. The molecule has 2 fully saturated rings. The Balaban J connectivity index is 1.91. The molecule has 16 heavy (non-hydrogen) atoms. The van der Waals surface area contributed by atoms with E-state index in [0.29, 0.717) is 18.6 Å². The predicted octanol–water partition coefficient (Wildman–Crippen LogP) is 1.10. The van der Waals surface area contributed by atoms with E-state index in [0.717, 1.165) is 26.1 Å². The molecular formula is C12H21NO3. The van der Waals surface area contributed by atoms with E-state index in [1.54, 1.807) is 0 Å². The van der Waals surface area contributed by atoms with Crippen LogP contribution in [0.15, 0.2) is 0 Å². The summed E-state index contributed by atoms with van der Waals surface area (Å²) in [6.07, 6.45) is 4.31. The van der Waals surface area contributed by atoms with E-state index >= 15 is 0 Å². The fourth-order valence-corrected chi connectivity index (χ4v) is 2.18. The molecule has 92 valence electrons. The summed E-state index contributed by atoms with van der Waals surface area (Å²) in [4.78, 5) is 11.9. The zero-order valence-electron chi connectivity index (χ0n) is 9.91. The van der Waals surface area contributed by atoms with Gasteiger partial charge in [0.25, 0.3) is 0 Å². The number of ether oxygens (including phenoxy) is 2. The second-order valence-corrected chi connectivity index (χ2v) is 4.62. The highest BCUT2D eigenvalue weighted by molar-refractivity contribution is 5.76. The first-order valence-corrected chi connectivity index (χ1v) is 6.31. The van der Waals surface area contributed by atoms with E-state index in [1.165, 1.54) is 12.8 Å². The van der Waals surface area contributed by atoms with Gasteiger partial charge in [-0.1, -0.05) is 0 Å². The lowest BCUT2D eigenvalue weighted by Gasteiger charge is -2.29. The Bertz CT molecular complexity index is 234. The Hall–Kier alpha value is -0.610. The highest BCUT2D eigenvalue weighted by Gasteiger charge is 2.35.